The van der Waals surface area contributed by atoms with Gasteiger partial charge >= 0.3 is 5.97 Å². The van der Waals surface area contributed by atoms with Gasteiger partial charge in [0.25, 0.3) is 0 Å². The molecule has 1 aromatic heterocycles. The van der Waals surface area contributed by atoms with Crippen molar-refractivity contribution in [3.8, 4) is 0 Å². The summed E-state index contributed by atoms with van der Waals surface area (Å²) < 4.78 is 0. The maximum absolute atomic E-state index is 10.7. The van der Waals surface area contributed by atoms with Crippen LogP contribution in [-0.4, -0.2) is 26.5 Å². The summed E-state index contributed by atoms with van der Waals surface area (Å²) in [5, 5.41) is 19.2. The lowest BCUT2D eigenvalue weighted by atomic mass is 9.81. The van der Waals surface area contributed by atoms with E-state index in [1.165, 1.54) is 0 Å². The average molecular weight is 195 g/mol. The number of nitrogens with zero attached hydrogens (tertiary/aromatic N) is 2. The van der Waals surface area contributed by atoms with Crippen LogP contribution in [0.5, 0.6) is 0 Å². The van der Waals surface area contributed by atoms with Gasteiger partial charge in [0.2, 0.25) is 0 Å². The van der Waals surface area contributed by atoms with Crippen molar-refractivity contribution in [3.63, 3.8) is 0 Å². The second-order valence-corrected chi connectivity index (χ2v) is 3.78. The summed E-state index contributed by atoms with van der Waals surface area (Å²) >= 11 is 0. The third kappa shape index (κ3) is 1.76. The van der Waals surface area contributed by atoms with E-state index in [2.05, 4.69) is 15.4 Å². The molecule has 2 N–H and O–H groups in total. The Hall–Kier alpha value is -1.39. The number of carboxylic acids is 1. The van der Waals surface area contributed by atoms with Gasteiger partial charge < -0.3 is 5.11 Å². The quantitative estimate of drug-likeness (QED) is 0.742. The Bertz CT molecular complexity index is 302. The minimum atomic E-state index is -0.663. The molecule has 0 unspecified atom stereocenters. The number of aliphatic carboxylic acids is 1. The normalized spacial score (nSPS) is 27.4. The number of carboxylic acid groups (broad SMARTS) is 1. The average Bonchev–Trinajstić information content (AvgIpc) is 2.71. The molecule has 5 nitrogen and oxygen atoms in total. The van der Waals surface area contributed by atoms with E-state index in [9.17, 15) is 4.79 Å². The summed E-state index contributed by atoms with van der Waals surface area (Å²) in [6.45, 7) is 0. The largest absolute Gasteiger partial charge is 0.481 e. The highest BCUT2D eigenvalue weighted by Crippen LogP contribution is 2.34. The zero-order valence-electron chi connectivity index (χ0n) is 7.81. The van der Waals surface area contributed by atoms with Gasteiger partial charge in [-0.3, -0.25) is 4.79 Å². The number of H-pyrrole nitrogens is 1. The number of nitrogens with one attached hydrogen (secondary N) is 1. The van der Waals surface area contributed by atoms with Gasteiger partial charge in [0.1, 0.15) is 0 Å². The van der Waals surface area contributed by atoms with Crippen LogP contribution < -0.4 is 0 Å². The highest BCUT2D eigenvalue weighted by molar-refractivity contribution is 5.70. The fourth-order valence-electron chi connectivity index (χ4n) is 2.04. The molecule has 0 atom stereocenters. The molecule has 1 saturated carbocycles. The number of hydrogen-bond acceptors (Lipinski definition) is 3. The topological polar surface area (TPSA) is 78.9 Å². The molecule has 14 heavy (non-hydrogen) atoms. The lowest BCUT2D eigenvalue weighted by Crippen LogP contribution is -2.20. The van der Waals surface area contributed by atoms with E-state index in [0.29, 0.717) is 5.92 Å². The van der Waals surface area contributed by atoms with Crippen LogP contribution in [-0.2, 0) is 4.79 Å². The van der Waals surface area contributed by atoms with Crippen molar-refractivity contribution in [1.29, 1.82) is 0 Å². The van der Waals surface area contributed by atoms with Gasteiger partial charge in [0, 0.05) is 5.92 Å². The smallest absolute Gasteiger partial charge is 0.306 e. The number of carbonyl (C=O) groups is 1. The van der Waals surface area contributed by atoms with Crippen molar-refractivity contribution in [2.45, 2.75) is 31.6 Å². The first kappa shape index (κ1) is 9.18. The summed E-state index contributed by atoms with van der Waals surface area (Å²) in [6, 6.07) is 0. The van der Waals surface area contributed by atoms with Crippen molar-refractivity contribution in [2.75, 3.05) is 0 Å². The van der Waals surface area contributed by atoms with Crippen LogP contribution in [0.25, 0.3) is 0 Å². The van der Waals surface area contributed by atoms with Gasteiger partial charge in [-0.2, -0.15) is 15.4 Å². The molecule has 1 aliphatic rings. The second-order valence-electron chi connectivity index (χ2n) is 3.78. The van der Waals surface area contributed by atoms with Gasteiger partial charge in [0.05, 0.1) is 17.8 Å². The van der Waals surface area contributed by atoms with Crippen LogP contribution in [0.1, 0.15) is 37.3 Å². The van der Waals surface area contributed by atoms with Crippen molar-refractivity contribution in [3.05, 3.63) is 11.9 Å². The Balaban J connectivity index is 1.93. The van der Waals surface area contributed by atoms with Crippen LogP contribution in [0.3, 0.4) is 0 Å². The molecule has 1 fully saturated rings. The third-order valence-electron chi connectivity index (χ3n) is 2.93. The lowest BCUT2D eigenvalue weighted by molar-refractivity contribution is -0.142. The predicted octanol–water partition coefficient (Wildman–Crippen LogP) is 1.16. The molecule has 0 radical (unpaired) electrons. The van der Waals surface area contributed by atoms with Crippen LogP contribution in [0, 0.1) is 5.92 Å². The Labute approximate surface area is 81.5 Å². The standard InChI is InChI=1S/C9H13N3O2/c13-9(14)7-3-1-6(2-4-7)8-5-10-12-11-8/h5-7H,1-4H2,(H,13,14)(H,10,11,12). The first-order valence-electron chi connectivity index (χ1n) is 4.86. The van der Waals surface area contributed by atoms with Gasteiger partial charge in [-0.15, -0.1) is 0 Å². The zero-order chi connectivity index (χ0) is 9.97. The number of rotatable bonds is 2. The molecule has 1 aliphatic carbocycles. The summed E-state index contributed by atoms with van der Waals surface area (Å²) in [7, 11) is 0. The fraction of sp³-hybridized carbons (Fsp3) is 0.667. The maximum atomic E-state index is 10.7. The highest BCUT2D eigenvalue weighted by atomic mass is 16.4. The van der Waals surface area contributed by atoms with Crippen LogP contribution in [0.2, 0.25) is 0 Å². The van der Waals surface area contributed by atoms with Crippen molar-refractivity contribution >= 4 is 5.97 Å². The second kappa shape index (κ2) is 3.77. The molecule has 0 spiro atoms. The SMILES string of the molecule is O=C(O)C1CCC(c2cn[nH]n2)CC1. The molecule has 5 heteroatoms. The fourth-order valence-corrected chi connectivity index (χ4v) is 2.04. The van der Waals surface area contributed by atoms with Crippen LogP contribution >= 0.6 is 0 Å². The number of aromatic nitrogens is 3. The summed E-state index contributed by atoms with van der Waals surface area (Å²) in [4.78, 5) is 10.7. The van der Waals surface area contributed by atoms with E-state index in [4.69, 9.17) is 5.11 Å². The Morgan fingerprint density at radius 2 is 2.14 bits per heavy atom. The first-order chi connectivity index (χ1) is 6.77. The molecule has 0 amide bonds. The van der Waals surface area contributed by atoms with Crippen LogP contribution in [0.4, 0.5) is 0 Å². The lowest BCUT2D eigenvalue weighted by Gasteiger charge is -2.24. The highest BCUT2D eigenvalue weighted by Gasteiger charge is 2.27. The third-order valence-corrected chi connectivity index (χ3v) is 2.93. The molecule has 0 aliphatic heterocycles. The van der Waals surface area contributed by atoms with Crippen molar-refractivity contribution < 1.29 is 9.90 Å². The van der Waals surface area contributed by atoms with E-state index in [-0.39, 0.29) is 5.92 Å². The van der Waals surface area contributed by atoms with E-state index < -0.39 is 5.97 Å². The summed E-state index contributed by atoms with van der Waals surface area (Å²) in [5.74, 6) is -0.425. The Kier molecular flexibility index (Phi) is 2.47. The molecular formula is C9H13N3O2. The number of aromatic amines is 1. The molecule has 2 rings (SSSR count). The zero-order valence-corrected chi connectivity index (χ0v) is 7.81. The molecule has 0 bridgehead atoms. The molecule has 76 valence electrons. The van der Waals surface area contributed by atoms with Crippen LogP contribution in [0.15, 0.2) is 6.20 Å². The van der Waals surface area contributed by atoms with E-state index in [1.54, 1.807) is 6.20 Å². The van der Waals surface area contributed by atoms with E-state index in [0.717, 1.165) is 31.4 Å². The van der Waals surface area contributed by atoms with Crippen molar-refractivity contribution in [2.24, 2.45) is 5.92 Å². The van der Waals surface area contributed by atoms with Gasteiger partial charge in [-0.05, 0) is 25.7 Å². The Morgan fingerprint density at radius 1 is 1.43 bits per heavy atom. The van der Waals surface area contributed by atoms with Gasteiger partial charge in [-0.1, -0.05) is 0 Å². The summed E-state index contributed by atoms with van der Waals surface area (Å²) in [6.07, 6.45) is 5.05. The summed E-state index contributed by atoms with van der Waals surface area (Å²) in [5.41, 5.74) is 0.967. The molecule has 1 aromatic rings. The minimum Gasteiger partial charge on any atom is -0.481 e. The number of hydrogen-bond donors (Lipinski definition) is 2. The van der Waals surface area contributed by atoms with Crippen molar-refractivity contribution in [1.82, 2.24) is 15.4 Å². The predicted molar refractivity (Wildman–Crippen MR) is 48.7 cm³/mol. The monoisotopic (exact) mass is 195 g/mol. The van der Waals surface area contributed by atoms with E-state index in [1.807, 2.05) is 0 Å². The molecular weight excluding hydrogens is 182 g/mol. The maximum Gasteiger partial charge on any atom is 0.306 e. The minimum absolute atomic E-state index is 0.154. The molecule has 1 heterocycles. The van der Waals surface area contributed by atoms with Gasteiger partial charge in [-0.25, -0.2) is 0 Å². The Morgan fingerprint density at radius 3 is 2.64 bits per heavy atom. The molecule has 0 aromatic carbocycles. The first-order valence-corrected chi connectivity index (χ1v) is 4.86. The van der Waals surface area contributed by atoms with Gasteiger partial charge in [0.15, 0.2) is 0 Å². The molecule has 0 saturated heterocycles. The van der Waals surface area contributed by atoms with E-state index >= 15 is 0 Å².